The van der Waals surface area contributed by atoms with Gasteiger partial charge in [0, 0.05) is 19.3 Å². The van der Waals surface area contributed by atoms with Gasteiger partial charge in [0.05, 0.1) is 24.1 Å². The van der Waals surface area contributed by atoms with E-state index >= 15 is 0 Å². The predicted molar refractivity (Wildman–Crippen MR) is 97.9 cm³/mol. The molecule has 1 aliphatic rings. The van der Waals surface area contributed by atoms with Gasteiger partial charge in [0.15, 0.2) is 11.5 Å². The third-order valence-corrected chi connectivity index (χ3v) is 4.49. The van der Waals surface area contributed by atoms with Gasteiger partial charge in [-0.05, 0) is 26.0 Å². The second-order valence-electron chi connectivity index (χ2n) is 7.12. The standard InChI is InChI=1S/C17H19F3N8O2/c1-10-6-26(7-11(2)30-10)15(29)9-27-8-12(5-21-27)22-13-3-4-14-23-24-16(17(18,19)20)28(14)25-13/h3-5,8,10-11H,6-7,9H2,1-2H3,(H,22,25). The quantitative estimate of drug-likeness (QED) is 0.680. The molecule has 0 aliphatic carbocycles. The van der Waals surface area contributed by atoms with E-state index in [-0.39, 0.29) is 36.1 Å². The van der Waals surface area contributed by atoms with Crippen molar-refractivity contribution in [3.8, 4) is 0 Å². The van der Waals surface area contributed by atoms with Gasteiger partial charge in [0.2, 0.25) is 5.91 Å². The number of halogens is 3. The lowest BCUT2D eigenvalue weighted by Gasteiger charge is -2.35. The fraction of sp³-hybridized carbons (Fsp3) is 0.471. The topological polar surface area (TPSA) is 102 Å². The Labute approximate surface area is 168 Å². The molecule has 10 nitrogen and oxygen atoms in total. The van der Waals surface area contributed by atoms with E-state index in [0.29, 0.717) is 23.3 Å². The summed E-state index contributed by atoms with van der Waals surface area (Å²) in [6.45, 7) is 4.89. The number of alkyl halides is 3. The van der Waals surface area contributed by atoms with Gasteiger partial charge in [-0.3, -0.25) is 9.48 Å². The molecule has 2 atom stereocenters. The molecule has 1 amide bonds. The third-order valence-electron chi connectivity index (χ3n) is 4.49. The number of fused-ring (bicyclic) bond motifs is 1. The Morgan fingerprint density at radius 1 is 1.23 bits per heavy atom. The summed E-state index contributed by atoms with van der Waals surface area (Å²) in [6.07, 6.45) is -1.71. The average molecular weight is 424 g/mol. The van der Waals surface area contributed by atoms with Gasteiger partial charge in [0.1, 0.15) is 6.54 Å². The number of anilines is 2. The van der Waals surface area contributed by atoms with Crippen molar-refractivity contribution in [1.29, 1.82) is 0 Å². The summed E-state index contributed by atoms with van der Waals surface area (Å²) in [4.78, 5) is 14.3. The lowest BCUT2D eigenvalue weighted by Crippen LogP contribution is -2.49. The number of hydrogen-bond donors (Lipinski definition) is 1. The summed E-state index contributed by atoms with van der Waals surface area (Å²) < 4.78 is 46.7. The van der Waals surface area contributed by atoms with E-state index in [1.165, 1.54) is 23.0 Å². The van der Waals surface area contributed by atoms with Crippen molar-refractivity contribution in [2.75, 3.05) is 18.4 Å². The number of hydrogen-bond acceptors (Lipinski definition) is 7. The third kappa shape index (κ3) is 4.20. The summed E-state index contributed by atoms with van der Waals surface area (Å²) in [5, 5.41) is 17.5. The average Bonchev–Trinajstić information content (AvgIpc) is 3.27. The summed E-state index contributed by atoms with van der Waals surface area (Å²) in [7, 11) is 0. The second kappa shape index (κ2) is 7.55. The normalized spacial score (nSPS) is 20.0. The SMILES string of the molecule is CC1CN(C(=O)Cn2cc(Nc3ccc4nnc(C(F)(F)F)n4n3)cn2)CC(C)O1. The Balaban J connectivity index is 1.45. The number of ether oxygens (including phenoxy) is 1. The van der Waals surface area contributed by atoms with E-state index in [2.05, 4.69) is 25.7 Å². The largest absolute Gasteiger partial charge is 0.453 e. The minimum Gasteiger partial charge on any atom is -0.372 e. The zero-order valence-corrected chi connectivity index (χ0v) is 16.2. The predicted octanol–water partition coefficient (Wildman–Crippen LogP) is 1.72. The molecular formula is C17H19F3N8O2. The van der Waals surface area contributed by atoms with Crippen LogP contribution in [-0.2, 0) is 22.3 Å². The molecule has 0 saturated carbocycles. The molecule has 30 heavy (non-hydrogen) atoms. The van der Waals surface area contributed by atoms with Crippen LogP contribution < -0.4 is 5.32 Å². The van der Waals surface area contributed by atoms with Gasteiger partial charge in [-0.1, -0.05) is 0 Å². The zero-order chi connectivity index (χ0) is 21.5. The molecule has 0 aromatic carbocycles. The highest BCUT2D eigenvalue weighted by molar-refractivity contribution is 5.76. The monoisotopic (exact) mass is 424 g/mol. The van der Waals surface area contributed by atoms with Crippen LogP contribution in [-0.4, -0.2) is 65.7 Å². The molecule has 1 fully saturated rings. The van der Waals surface area contributed by atoms with Gasteiger partial charge in [-0.25, -0.2) is 0 Å². The maximum absolute atomic E-state index is 13.0. The van der Waals surface area contributed by atoms with Crippen molar-refractivity contribution in [3.05, 3.63) is 30.4 Å². The summed E-state index contributed by atoms with van der Waals surface area (Å²) in [5.74, 6) is -1.16. The molecule has 2 unspecified atom stereocenters. The number of morpholine rings is 1. The molecule has 4 rings (SSSR count). The highest BCUT2D eigenvalue weighted by atomic mass is 19.4. The molecule has 0 spiro atoms. The zero-order valence-electron chi connectivity index (χ0n) is 16.2. The van der Waals surface area contributed by atoms with Gasteiger partial charge in [-0.15, -0.1) is 15.3 Å². The summed E-state index contributed by atoms with van der Waals surface area (Å²) in [6, 6.07) is 2.84. The van der Waals surface area contributed by atoms with Crippen LogP contribution in [0.4, 0.5) is 24.7 Å². The van der Waals surface area contributed by atoms with E-state index in [0.717, 1.165) is 0 Å². The molecule has 13 heteroatoms. The van der Waals surface area contributed by atoms with E-state index in [9.17, 15) is 18.0 Å². The van der Waals surface area contributed by atoms with Crippen LogP contribution >= 0.6 is 0 Å². The molecule has 0 bridgehead atoms. The van der Waals surface area contributed by atoms with Gasteiger partial charge in [0.25, 0.3) is 5.82 Å². The van der Waals surface area contributed by atoms with Gasteiger partial charge < -0.3 is 15.0 Å². The maximum atomic E-state index is 13.0. The number of rotatable bonds is 4. The number of nitrogens with zero attached hydrogens (tertiary/aromatic N) is 7. The van der Waals surface area contributed by atoms with Crippen LogP contribution in [0, 0.1) is 0 Å². The molecule has 0 radical (unpaired) electrons. The van der Waals surface area contributed by atoms with Crippen molar-refractivity contribution >= 4 is 23.1 Å². The molecular weight excluding hydrogens is 405 g/mol. The fourth-order valence-electron chi connectivity index (χ4n) is 3.31. The van der Waals surface area contributed by atoms with Crippen LogP contribution in [0.3, 0.4) is 0 Å². The van der Waals surface area contributed by atoms with Crippen molar-refractivity contribution in [1.82, 2.24) is 34.5 Å². The lowest BCUT2D eigenvalue weighted by atomic mass is 10.2. The van der Waals surface area contributed by atoms with Crippen molar-refractivity contribution in [2.45, 2.75) is 38.8 Å². The summed E-state index contributed by atoms with van der Waals surface area (Å²) in [5.41, 5.74) is 0.447. The number of carbonyl (C=O) groups excluding carboxylic acids is 1. The first kappa shape index (κ1) is 20.1. The van der Waals surface area contributed by atoms with Gasteiger partial charge >= 0.3 is 6.18 Å². The van der Waals surface area contributed by atoms with Crippen LogP contribution in [0.2, 0.25) is 0 Å². The van der Waals surface area contributed by atoms with Crippen LogP contribution in [0.25, 0.3) is 5.65 Å². The maximum Gasteiger partial charge on any atom is 0.453 e. The first-order valence-electron chi connectivity index (χ1n) is 9.21. The Morgan fingerprint density at radius 2 is 1.97 bits per heavy atom. The molecule has 160 valence electrons. The molecule has 1 aliphatic heterocycles. The summed E-state index contributed by atoms with van der Waals surface area (Å²) >= 11 is 0. The lowest BCUT2D eigenvalue weighted by molar-refractivity contribution is -0.146. The second-order valence-corrected chi connectivity index (χ2v) is 7.12. The molecule has 1 saturated heterocycles. The van der Waals surface area contributed by atoms with E-state index in [4.69, 9.17) is 4.74 Å². The first-order valence-corrected chi connectivity index (χ1v) is 9.21. The Bertz CT molecular complexity index is 1050. The minimum atomic E-state index is -4.68. The smallest absolute Gasteiger partial charge is 0.372 e. The number of amides is 1. The number of nitrogens with one attached hydrogen (secondary N) is 1. The van der Waals surface area contributed by atoms with Crippen LogP contribution in [0.1, 0.15) is 19.7 Å². The Morgan fingerprint density at radius 3 is 2.67 bits per heavy atom. The molecule has 3 aromatic heterocycles. The van der Waals surface area contributed by atoms with Crippen LogP contribution in [0.15, 0.2) is 24.5 Å². The highest BCUT2D eigenvalue weighted by Crippen LogP contribution is 2.27. The van der Waals surface area contributed by atoms with Crippen molar-refractivity contribution in [3.63, 3.8) is 0 Å². The van der Waals surface area contributed by atoms with E-state index < -0.39 is 12.0 Å². The first-order chi connectivity index (χ1) is 14.2. The number of carbonyl (C=O) groups is 1. The minimum absolute atomic E-state index is 0.0249. The Kier molecular flexibility index (Phi) is 5.05. The van der Waals surface area contributed by atoms with Crippen molar-refractivity contribution < 1.29 is 22.7 Å². The van der Waals surface area contributed by atoms with Gasteiger partial charge in [-0.2, -0.15) is 22.8 Å². The van der Waals surface area contributed by atoms with E-state index in [1.807, 2.05) is 13.8 Å². The van der Waals surface area contributed by atoms with E-state index in [1.54, 1.807) is 11.1 Å². The van der Waals surface area contributed by atoms with Crippen molar-refractivity contribution in [2.24, 2.45) is 0 Å². The molecule has 4 heterocycles. The fourth-order valence-corrected chi connectivity index (χ4v) is 3.31. The molecule has 1 N–H and O–H groups in total. The number of aromatic nitrogens is 6. The molecule has 3 aromatic rings. The Hall–Kier alpha value is -3.22. The van der Waals surface area contributed by atoms with Crippen LogP contribution in [0.5, 0.6) is 0 Å². The highest BCUT2D eigenvalue weighted by Gasteiger charge is 2.37.